The van der Waals surface area contributed by atoms with E-state index in [1.807, 2.05) is 7.05 Å². The molecule has 0 radical (unpaired) electrons. The molecule has 2 amide bonds. The highest BCUT2D eigenvalue weighted by atomic mass is 32.1. The van der Waals surface area contributed by atoms with Gasteiger partial charge in [-0.1, -0.05) is 0 Å². The van der Waals surface area contributed by atoms with Crippen molar-refractivity contribution in [3.63, 3.8) is 0 Å². The molecule has 2 fully saturated rings. The summed E-state index contributed by atoms with van der Waals surface area (Å²) in [6.07, 6.45) is -2.04. The first kappa shape index (κ1) is 31.2. The molecule has 8 nitrogen and oxygen atoms in total. The normalized spacial score (nSPS) is 22.1. The number of nitrogens with one attached hydrogen (secondary N) is 2. The fraction of sp³-hybridized carbons (Fsp3) is 0.607. The highest BCUT2D eigenvalue weighted by Crippen LogP contribution is 2.45. The van der Waals surface area contributed by atoms with Crippen molar-refractivity contribution >= 4 is 28.5 Å². The molecule has 41 heavy (non-hydrogen) atoms. The van der Waals surface area contributed by atoms with Gasteiger partial charge in [-0.3, -0.25) is 10.1 Å². The highest BCUT2D eigenvalue weighted by molar-refractivity contribution is 7.14. The number of aromatic nitrogens is 1. The van der Waals surface area contributed by atoms with Crippen LogP contribution in [0, 0.1) is 5.82 Å². The summed E-state index contributed by atoms with van der Waals surface area (Å²) in [5, 5.41) is 7.34. The number of carbonyl (C=O) groups is 2. The molecule has 1 saturated heterocycles. The van der Waals surface area contributed by atoms with Crippen LogP contribution >= 0.6 is 11.3 Å². The van der Waals surface area contributed by atoms with Gasteiger partial charge in [0.2, 0.25) is 5.91 Å². The molecule has 1 aliphatic carbocycles. The number of amides is 2. The summed E-state index contributed by atoms with van der Waals surface area (Å²) in [6, 6.07) is 2.59. The van der Waals surface area contributed by atoms with Gasteiger partial charge in [0, 0.05) is 37.2 Å². The Morgan fingerprint density at radius 3 is 2.51 bits per heavy atom. The lowest BCUT2D eigenvalue weighted by Crippen LogP contribution is -2.46. The molecule has 13 heteroatoms. The molecular formula is C28H36F4N4O4S. The van der Waals surface area contributed by atoms with Crippen LogP contribution in [0.4, 0.5) is 27.5 Å². The predicted molar refractivity (Wildman–Crippen MR) is 146 cm³/mol. The van der Waals surface area contributed by atoms with Gasteiger partial charge in [0.1, 0.15) is 11.4 Å². The van der Waals surface area contributed by atoms with Crippen LogP contribution < -0.4 is 10.6 Å². The van der Waals surface area contributed by atoms with Gasteiger partial charge in [-0.15, -0.1) is 11.3 Å². The van der Waals surface area contributed by atoms with Crippen molar-refractivity contribution < 1.29 is 36.6 Å². The number of carbonyl (C=O) groups excluding carboxylic acids is 2. The van der Waals surface area contributed by atoms with Crippen LogP contribution in [0.15, 0.2) is 23.6 Å². The Labute approximate surface area is 240 Å². The van der Waals surface area contributed by atoms with Gasteiger partial charge >= 0.3 is 12.3 Å². The Hall–Kier alpha value is -2.77. The maximum atomic E-state index is 14.0. The Balaban J connectivity index is 1.56. The molecule has 1 aliphatic heterocycles. The zero-order valence-corrected chi connectivity index (χ0v) is 24.4. The molecule has 2 aromatic rings. The third kappa shape index (κ3) is 7.75. The molecule has 2 atom stereocenters. The number of alkyl halides is 3. The molecular weight excluding hydrogens is 564 g/mol. The van der Waals surface area contributed by atoms with Crippen molar-refractivity contribution in [1.29, 1.82) is 0 Å². The molecule has 2 unspecified atom stereocenters. The van der Waals surface area contributed by atoms with E-state index in [-0.39, 0.29) is 23.3 Å². The van der Waals surface area contributed by atoms with Gasteiger partial charge < -0.3 is 19.7 Å². The molecule has 1 aromatic carbocycles. The average Bonchev–Trinajstić information content (AvgIpc) is 3.54. The van der Waals surface area contributed by atoms with Gasteiger partial charge in [-0.2, -0.15) is 13.2 Å². The summed E-state index contributed by atoms with van der Waals surface area (Å²) in [4.78, 5) is 33.0. The van der Waals surface area contributed by atoms with E-state index in [0.717, 1.165) is 36.3 Å². The van der Waals surface area contributed by atoms with Crippen LogP contribution in [0.1, 0.15) is 69.7 Å². The predicted octanol–water partition coefficient (Wildman–Crippen LogP) is 5.87. The van der Waals surface area contributed by atoms with Crippen LogP contribution in [0.25, 0.3) is 0 Å². The topological polar surface area (TPSA) is 92.8 Å². The second-order valence-corrected chi connectivity index (χ2v) is 12.5. The number of hydrogen-bond donors (Lipinski definition) is 2. The molecule has 0 spiro atoms. The first-order chi connectivity index (χ1) is 19.2. The molecule has 2 aliphatic rings. The summed E-state index contributed by atoms with van der Waals surface area (Å²) in [5.74, 6) is -1.44. The lowest BCUT2D eigenvalue weighted by molar-refractivity contribution is -0.137. The van der Waals surface area contributed by atoms with E-state index in [0.29, 0.717) is 50.3 Å². The van der Waals surface area contributed by atoms with Gasteiger partial charge in [-0.05, 0) is 83.7 Å². The van der Waals surface area contributed by atoms with Crippen LogP contribution in [0.3, 0.4) is 0 Å². The quantitative estimate of drug-likeness (QED) is 0.387. The van der Waals surface area contributed by atoms with Gasteiger partial charge in [0.25, 0.3) is 0 Å². The number of nitrogens with zero attached hydrogens (tertiary/aromatic N) is 2. The SMILES string of the molecule is CN(C1CCOCC1)C1CCC(C(=O)NCc2cc(F)cc(C(F)(F)F)c2)(c2csc(NC(=O)OC(C)(C)C)n2)C1. The smallest absolute Gasteiger partial charge is 0.416 e. The Morgan fingerprint density at radius 1 is 1.15 bits per heavy atom. The monoisotopic (exact) mass is 600 g/mol. The van der Waals surface area contributed by atoms with Crippen molar-refractivity contribution in [3.8, 4) is 0 Å². The van der Waals surface area contributed by atoms with E-state index in [9.17, 15) is 27.2 Å². The molecule has 226 valence electrons. The second-order valence-electron chi connectivity index (χ2n) is 11.7. The Bertz CT molecular complexity index is 1240. The molecule has 2 N–H and O–H groups in total. The minimum absolute atomic E-state index is 0.000236. The van der Waals surface area contributed by atoms with E-state index < -0.39 is 40.6 Å². The first-order valence-corrected chi connectivity index (χ1v) is 14.4. The van der Waals surface area contributed by atoms with Crippen molar-refractivity contribution in [1.82, 2.24) is 15.2 Å². The highest BCUT2D eigenvalue weighted by Gasteiger charge is 2.50. The number of ether oxygens (including phenoxy) is 2. The standard InChI is InChI=1S/C28H36F4N4O4S/c1-26(2,3)40-25(38)35-24-34-22(16-41-24)27(8-5-21(14-27)36(4)20-6-9-39-10-7-20)23(37)33-15-17-11-18(28(30,31)32)13-19(29)12-17/h11-13,16,20-21H,5-10,14-15H2,1-4H3,(H,33,37)(H,34,35,38). The second kappa shape index (κ2) is 12.2. The summed E-state index contributed by atoms with van der Waals surface area (Å²) < 4.78 is 64.4. The number of hydrogen-bond acceptors (Lipinski definition) is 7. The average molecular weight is 601 g/mol. The summed E-state index contributed by atoms with van der Waals surface area (Å²) in [6.45, 7) is 6.28. The maximum Gasteiger partial charge on any atom is 0.416 e. The number of thiazole rings is 1. The fourth-order valence-electron chi connectivity index (χ4n) is 5.52. The van der Waals surface area contributed by atoms with E-state index >= 15 is 0 Å². The van der Waals surface area contributed by atoms with Gasteiger partial charge in [-0.25, -0.2) is 14.2 Å². The minimum Gasteiger partial charge on any atom is -0.444 e. The van der Waals surface area contributed by atoms with Crippen LogP contribution in [-0.2, 0) is 32.4 Å². The molecule has 4 rings (SSSR count). The van der Waals surface area contributed by atoms with E-state index in [1.54, 1.807) is 26.2 Å². The van der Waals surface area contributed by atoms with Crippen molar-refractivity contribution in [3.05, 3.63) is 46.2 Å². The molecule has 0 bridgehead atoms. The Kier molecular flexibility index (Phi) is 9.29. The van der Waals surface area contributed by atoms with E-state index in [2.05, 4.69) is 20.5 Å². The summed E-state index contributed by atoms with van der Waals surface area (Å²) in [7, 11) is 2.04. The van der Waals surface area contributed by atoms with Crippen LogP contribution in [0.2, 0.25) is 0 Å². The largest absolute Gasteiger partial charge is 0.444 e. The fourth-order valence-corrected chi connectivity index (χ4v) is 6.32. The zero-order valence-electron chi connectivity index (χ0n) is 23.6. The zero-order chi connectivity index (χ0) is 30.0. The minimum atomic E-state index is -4.71. The van der Waals surface area contributed by atoms with Crippen molar-refractivity contribution in [2.75, 3.05) is 25.6 Å². The van der Waals surface area contributed by atoms with E-state index in [4.69, 9.17) is 9.47 Å². The molecule has 1 aromatic heterocycles. The number of rotatable bonds is 7. The van der Waals surface area contributed by atoms with Crippen LogP contribution in [0.5, 0.6) is 0 Å². The number of anilines is 1. The number of halogens is 4. The van der Waals surface area contributed by atoms with Crippen LogP contribution in [-0.4, -0.2) is 59.8 Å². The third-order valence-electron chi connectivity index (χ3n) is 7.61. The Morgan fingerprint density at radius 2 is 1.85 bits per heavy atom. The van der Waals surface area contributed by atoms with Gasteiger partial charge in [0.15, 0.2) is 5.13 Å². The van der Waals surface area contributed by atoms with Crippen molar-refractivity contribution in [2.45, 2.75) is 88.7 Å². The lowest BCUT2D eigenvalue weighted by Gasteiger charge is -2.36. The lowest BCUT2D eigenvalue weighted by atomic mass is 9.81. The molecule has 2 heterocycles. The van der Waals surface area contributed by atoms with Gasteiger partial charge in [0.05, 0.1) is 16.7 Å². The van der Waals surface area contributed by atoms with Crippen molar-refractivity contribution in [2.24, 2.45) is 0 Å². The first-order valence-electron chi connectivity index (χ1n) is 13.6. The van der Waals surface area contributed by atoms with E-state index in [1.165, 1.54) is 0 Å². The summed E-state index contributed by atoms with van der Waals surface area (Å²) >= 11 is 1.16. The number of benzene rings is 1. The molecule has 1 saturated carbocycles. The summed E-state index contributed by atoms with van der Waals surface area (Å²) in [5.41, 5.74) is -2.45. The third-order valence-corrected chi connectivity index (χ3v) is 8.36. The maximum absolute atomic E-state index is 14.0.